The average Bonchev–Trinajstić information content (AvgIpc) is 3.41. The number of nitrogens with one attached hydrogen (secondary N) is 3. The largest absolute Gasteiger partial charge is 0.350 e. The highest BCUT2D eigenvalue weighted by molar-refractivity contribution is 5.89. The third-order valence-corrected chi connectivity index (χ3v) is 7.38. The Balaban J connectivity index is 1.41. The zero-order chi connectivity index (χ0) is 29.0. The van der Waals surface area contributed by atoms with Crippen LogP contribution in [0.15, 0.2) is 24.3 Å². The van der Waals surface area contributed by atoms with Gasteiger partial charge in [-0.3, -0.25) is 10.0 Å². The zero-order valence-electron chi connectivity index (χ0n) is 24.6. The molecule has 10 heteroatoms. The van der Waals surface area contributed by atoms with Crippen LogP contribution in [0.1, 0.15) is 97.5 Å². The molecule has 3 amide bonds. The molecule has 0 radical (unpaired) electrons. The first-order valence-corrected chi connectivity index (χ1v) is 14.9. The van der Waals surface area contributed by atoms with Crippen LogP contribution in [0.2, 0.25) is 0 Å². The van der Waals surface area contributed by atoms with Gasteiger partial charge in [-0.05, 0) is 44.9 Å². The van der Waals surface area contributed by atoms with Crippen LogP contribution in [0, 0.1) is 0 Å². The van der Waals surface area contributed by atoms with Crippen LogP contribution < -0.4 is 16.1 Å². The highest BCUT2D eigenvalue weighted by atomic mass is 16.8. The molecule has 3 rings (SSSR count). The Morgan fingerprint density at radius 1 is 0.950 bits per heavy atom. The van der Waals surface area contributed by atoms with E-state index in [2.05, 4.69) is 17.6 Å². The molecule has 226 valence electrons. The van der Waals surface area contributed by atoms with Crippen LogP contribution >= 0.6 is 0 Å². The number of anilines is 1. The molecule has 0 unspecified atom stereocenters. The predicted octanol–water partition coefficient (Wildman–Crippen LogP) is 5.43. The van der Waals surface area contributed by atoms with Gasteiger partial charge in [0.2, 0.25) is 5.91 Å². The third-order valence-electron chi connectivity index (χ3n) is 7.38. The number of fused-ring (bicyclic) bond motifs is 1. The maximum Gasteiger partial charge on any atom is 0.319 e. The van der Waals surface area contributed by atoms with Gasteiger partial charge >= 0.3 is 6.03 Å². The molecule has 2 aliphatic rings. The van der Waals surface area contributed by atoms with E-state index in [4.69, 9.17) is 24.2 Å². The molecule has 0 saturated carbocycles. The van der Waals surface area contributed by atoms with Crippen molar-refractivity contribution in [1.82, 2.24) is 10.8 Å². The molecule has 10 nitrogen and oxygen atoms in total. The fraction of sp³-hybridized carbons (Fsp3) is 0.733. The summed E-state index contributed by atoms with van der Waals surface area (Å²) in [6, 6.07) is 6.05. The first-order valence-electron chi connectivity index (χ1n) is 14.9. The summed E-state index contributed by atoms with van der Waals surface area (Å²) in [6.07, 6.45) is 11.0. The normalized spacial score (nSPS) is 23.9. The highest BCUT2D eigenvalue weighted by Crippen LogP contribution is 2.40. The van der Waals surface area contributed by atoms with Crippen molar-refractivity contribution in [3.05, 3.63) is 29.8 Å². The lowest BCUT2D eigenvalue weighted by Crippen LogP contribution is -2.48. The van der Waals surface area contributed by atoms with Gasteiger partial charge in [-0.15, -0.1) is 0 Å². The standard InChI is InChI=1S/C30H49N3O7/c1-5-6-7-8-9-10-11-12-13-14-19-37-28-27-26(39-30(3,4)40-27)25(38-28)21(2)31-29(35)32-23-17-15-22(16-18-23)20-24(34)33-36/h15-18,21,25-28,36H,5-14,19-20H2,1-4H3,(H,33,34)(H2,31,32,35)/t21-,25+,26-,27-,28-/m0/s1. The van der Waals surface area contributed by atoms with Gasteiger partial charge in [0.05, 0.1) is 12.5 Å². The molecule has 2 fully saturated rings. The Kier molecular flexibility index (Phi) is 13.1. The van der Waals surface area contributed by atoms with Crippen molar-refractivity contribution in [3.63, 3.8) is 0 Å². The van der Waals surface area contributed by atoms with E-state index < -0.39 is 24.1 Å². The molecule has 0 aliphatic carbocycles. The van der Waals surface area contributed by atoms with Gasteiger partial charge in [0, 0.05) is 12.3 Å². The molecule has 40 heavy (non-hydrogen) atoms. The number of hydrogen-bond donors (Lipinski definition) is 4. The first-order chi connectivity index (χ1) is 19.2. The average molecular weight is 564 g/mol. The number of hydrogen-bond acceptors (Lipinski definition) is 7. The number of benzene rings is 1. The molecule has 0 aromatic heterocycles. The SMILES string of the molecule is CCCCCCCCCCCCO[C@H]1O[C@H]([C@H](C)NC(=O)Nc2ccc(CC(=O)NO)cc2)[C@@H]2OC(C)(C)O[C@H]12. The minimum Gasteiger partial charge on any atom is -0.350 e. The van der Waals surface area contributed by atoms with Gasteiger partial charge in [-0.2, -0.15) is 0 Å². The Labute approximate surface area is 238 Å². The molecule has 2 saturated heterocycles. The Morgan fingerprint density at radius 3 is 2.17 bits per heavy atom. The second-order valence-electron chi connectivity index (χ2n) is 11.4. The van der Waals surface area contributed by atoms with E-state index in [0.717, 1.165) is 12.8 Å². The minimum atomic E-state index is -0.757. The molecule has 1 aromatic carbocycles. The Bertz CT molecular complexity index is 911. The van der Waals surface area contributed by atoms with Gasteiger partial charge < -0.3 is 29.6 Å². The van der Waals surface area contributed by atoms with E-state index in [1.165, 1.54) is 51.4 Å². The molecular formula is C30H49N3O7. The van der Waals surface area contributed by atoms with Gasteiger partial charge in [0.25, 0.3) is 0 Å². The second kappa shape index (κ2) is 16.3. The lowest BCUT2D eigenvalue weighted by atomic mass is 10.1. The number of hydroxylamine groups is 1. The van der Waals surface area contributed by atoms with Crippen molar-refractivity contribution < 1.29 is 33.7 Å². The summed E-state index contributed by atoms with van der Waals surface area (Å²) in [4.78, 5) is 24.0. The van der Waals surface area contributed by atoms with E-state index in [0.29, 0.717) is 17.9 Å². The fourth-order valence-electron chi connectivity index (χ4n) is 5.30. The van der Waals surface area contributed by atoms with Crippen LogP contribution in [0.4, 0.5) is 10.5 Å². The zero-order valence-corrected chi connectivity index (χ0v) is 24.6. The summed E-state index contributed by atoms with van der Waals surface area (Å²) in [5.74, 6) is -1.26. The maximum atomic E-state index is 12.7. The molecule has 5 atom stereocenters. The van der Waals surface area contributed by atoms with Crippen molar-refractivity contribution in [1.29, 1.82) is 0 Å². The summed E-state index contributed by atoms with van der Waals surface area (Å²) in [5, 5.41) is 14.4. The molecule has 0 spiro atoms. The molecular weight excluding hydrogens is 514 g/mol. The summed E-state index contributed by atoms with van der Waals surface area (Å²) < 4.78 is 24.6. The van der Waals surface area contributed by atoms with E-state index in [1.54, 1.807) is 29.7 Å². The molecule has 1 aromatic rings. The van der Waals surface area contributed by atoms with Crippen molar-refractivity contribution in [2.75, 3.05) is 11.9 Å². The lowest BCUT2D eigenvalue weighted by molar-refractivity contribution is -0.235. The smallest absolute Gasteiger partial charge is 0.319 e. The van der Waals surface area contributed by atoms with Crippen molar-refractivity contribution in [2.45, 2.75) is 135 Å². The lowest BCUT2D eigenvalue weighted by Gasteiger charge is -2.27. The highest BCUT2D eigenvalue weighted by Gasteiger charge is 2.57. The van der Waals surface area contributed by atoms with E-state index >= 15 is 0 Å². The molecule has 2 heterocycles. The second-order valence-corrected chi connectivity index (χ2v) is 11.4. The third kappa shape index (κ3) is 10.3. The quantitative estimate of drug-likeness (QED) is 0.113. The summed E-state index contributed by atoms with van der Waals surface area (Å²) in [5.41, 5.74) is 2.88. The minimum absolute atomic E-state index is 0.0441. The number of urea groups is 1. The Hall–Kier alpha value is -2.24. The van der Waals surface area contributed by atoms with Crippen molar-refractivity contribution in [2.24, 2.45) is 0 Å². The van der Waals surface area contributed by atoms with Gasteiger partial charge in [0.15, 0.2) is 12.1 Å². The fourth-order valence-corrected chi connectivity index (χ4v) is 5.30. The maximum absolute atomic E-state index is 12.7. The summed E-state index contributed by atoms with van der Waals surface area (Å²) in [7, 11) is 0. The monoisotopic (exact) mass is 563 g/mol. The van der Waals surface area contributed by atoms with Crippen LogP contribution in [0.25, 0.3) is 0 Å². The molecule has 2 aliphatic heterocycles. The predicted molar refractivity (Wildman–Crippen MR) is 152 cm³/mol. The van der Waals surface area contributed by atoms with Crippen LogP contribution in [0.5, 0.6) is 0 Å². The number of ether oxygens (including phenoxy) is 4. The van der Waals surface area contributed by atoms with E-state index in [9.17, 15) is 9.59 Å². The number of carbonyl (C=O) groups excluding carboxylic acids is 2. The number of amides is 3. The summed E-state index contributed by atoms with van der Waals surface area (Å²) in [6.45, 7) is 8.47. The van der Waals surface area contributed by atoms with Crippen LogP contribution in [0.3, 0.4) is 0 Å². The van der Waals surface area contributed by atoms with Crippen molar-refractivity contribution >= 4 is 17.6 Å². The topological polar surface area (TPSA) is 127 Å². The van der Waals surface area contributed by atoms with Crippen molar-refractivity contribution in [3.8, 4) is 0 Å². The molecule has 4 N–H and O–H groups in total. The van der Waals surface area contributed by atoms with Gasteiger partial charge in [-0.25, -0.2) is 10.3 Å². The molecule has 0 bridgehead atoms. The number of rotatable bonds is 17. The van der Waals surface area contributed by atoms with Gasteiger partial charge in [-0.1, -0.05) is 76.8 Å². The first kappa shape index (κ1) is 32.3. The van der Waals surface area contributed by atoms with Crippen LogP contribution in [-0.2, 0) is 30.2 Å². The van der Waals surface area contributed by atoms with Gasteiger partial charge in [0.1, 0.15) is 18.3 Å². The number of carbonyl (C=O) groups is 2. The summed E-state index contributed by atoms with van der Waals surface area (Å²) >= 11 is 0. The number of unbranched alkanes of at least 4 members (excludes halogenated alkanes) is 9. The van der Waals surface area contributed by atoms with E-state index in [-0.39, 0.29) is 30.7 Å². The van der Waals surface area contributed by atoms with Crippen LogP contribution in [-0.4, -0.2) is 60.2 Å². The Morgan fingerprint density at radius 2 is 1.55 bits per heavy atom. The van der Waals surface area contributed by atoms with E-state index in [1.807, 2.05) is 20.8 Å².